The SMILES string of the molecule is O=C(O)CC(C(=O)O)c1ccc(F)c(F)c1F. The van der Waals surface area contributed by atoms with E-state index in [1.807, 2.05) is 0 Å². The lowest BCUT2D eigenvalue weighted by atomic mass is 9.95. The molecule has 0 saturated heterocycles. The van der Waals surface area contributed by atoms with Crippen molar-refractivity contribution in [2.75, 3.05) is 0 Å². The van der Waals surface area contributed by atoms with Gasteiger partial charge in [0, 0.05) is 5.56 Å². The van der Waals surface area contributed by atoms with E-state index in [1.54, 1.807) is 0 Å². The van der Waals surface area contributed by atoms with Crippen molar-refractivity contribution in [1.82, 2.24) is 0 Å². The van der Waals surface area contributed by atoms with Gasteiger partial charge in [0.1, 0.15) is 0 Å². The van der Waals surface area contributed by atoms with E-state index < -0.39 is 47.3 Å². The highest BCUT2D eigenvalue weighted by Crippen LogP contribution is 2.25. The molecule has 0 aliphatic heterocycles. The third-order valence-corrected chi connectivity index (χ3v) is 2.12. The van der Waals surface area contributed by atoms with Crippen molar-refractivity contribution in [3.05, 3.63) is 35.1 Å². The molecule has 1 unspecified atom stereocenters. The third kappa shape index (κ3) is 2.74. The molecular formula is C10H7F3O4. The van der Waals surface area contributed by atoms with E-state index >= 15 is 0 Å². The summed E-state index contributed by atoms with van der Waals surface area (Å²) in [4.78, 5) is 21.1. The zero-order valence-corrected chi connectivity index (χ0v) is 8.28. The molecule has 0 bridgehead atoms. The monoisotopic (exact) mass is 248 g/mol. The molecule has 0 heterocycles. The number of hydrogen-bond donors (Lipinski definition) is 2. The molecule has 1 atom stereocenters. The predicted molar refractivity (Wildman–Crippen MR) is 48.9 cm³/mol. The summed E-state index contributed by atoms with van der Waals surface area (Å²) in [5.74, 6) is -9.84. The van der Waals surface area contributed by atoms with Gasteiger partial charge < -0.3 is 10.2 Å². The zero-order valence-electron chi connectivity index (χ0n) is 8.28. The summed E-state index contributed by atoms with van der Waals surface area (Å²) >= 11 is 0. The van der Waals surface area contributed by atoms with E-state index in [2.05, 4.69) is 0 Å². The first-order chi connectivity index (χ1) is 7.84. The Kier molecular flexibility index (Phi) is 3.72. The zero-order chi connectivity index (χ0) is 13.2. The fourth-order valence-electron chi connectivity index (χ4n) is 1.31. The van der Waals surface area contributed by atoms with Gasteiger partial charge in [0.05, 0.1) is 12.3 Å². The van der Waals surface area contributed by atoms with Crippen LogP contribution in [0.15, 0.2) is 12.1 Å². The van der Waals surface area contributed by atoms with Crippen LogP contribution in [0.5, 0.6) is 0 Å². The Morgan fingerprint density at radius 2 is 1.71 bits per heavy atom. The number of carboxylic acids is 2. The van der Waals surface area contributed by atoms with Crippen LogP contribution in [-0.2, 0) is 9.59 Å². The van der Waals surface area contributed by atoms with Gasteiger partial charge in [0.25, 0.3) is 0 Å². The molecule has 0 amide bonds. The minimum absolute atomic E-state index is 0.547. The first-order valence-corrected chi connectivity index (χ1v) is 4.42. The van der Waals surface area contributed by atoms with E-state index in [0.29, 0.717) is 6.07 Å². The van der Waals surface area contributed by atoms with E-state index in [4.69, 9.17) is 10.2 Å². The second-order valence-corrected chi connectivity index (χ2v) is 3.25. The minimum atomic E-state index is -1.82. The number of hydrogen-bond acceptors (Lipinski definition) is 2. The van der Waals surface area contributed by atoms with Gasteiger partial charge in [-0.3, -0.25) is 9.59 Å². The summed E-state index contributed by atoms with van der Waals surface area (Å²) < 4.78 is 38.7. The van der Waals surface area contributed by atoms with Gasteiger partial charge in [-0.2, -0.15) is 0 Å². The first kappa shape index (κ1) is 13.0. The van der Waals surface area contributed by atoms with Gasteiger partial charge in [-0.05, 0) is 6.07 Å². The van der Waals surface area contributed by atoms with Gasteiger partial charge in [0.15, 0.2) is 17.5 Å². The Morgan fingerprint density at radius 3 is 2.18 bits per heavy atom. The molecule has 92 valence electrons. The molecule has 0 radical (unpaired) electrons. The molecule has 0 aliphatic rings. The molecule has 1 aromatic carbocycles. The van der Waals surface area contributed by atoms with Gasteiger partial charge in [-0.15, -0.1) is 0 Å². The van der Waals surface area contributed by atoms with Crippen molar-refractivity contribution >= 4 is 11.9 Å². The molecule has 1 aromatic rings. The summed E-state index contributed by atoms with van der Waals surface area (Å²) in [6.45, 7) is 0. The third-order valence-electron chi connectivity index (χ3n) is 2.12. The summed E-state index contributed by atoms with van der Waals surface area (Å²) in [5.41, 5.74) is -0.696. The van der Waals surface area contributed by atoms with E-state index in [-0.39, 0.29) is 0 Å². The molecule has 2 N–H and O–H groups in total. The molecule has 0 aromatic heterocycles. The molecule has 0 fully saturated rings. The van der Waals surface area contributed by atoms with Gasteiger partial charge >= 0.3 is 11.9 Å². The Hall–Kier alpha value is -2.05. The van der Waals surface area contributed by atoms with Crippen molar-refractivity contribution in [3.8, 4) is 0 Å². The fourth-order valence-corrected chi connectivity index (χ4v) is 1.31. The maximum atomic E-state index is 13.3. The van der Waals surface area contributed by atoms with E-state index in [9.17, 15) is 22.8 Å². The Bertz CT molecular complexity index is 473. The summed E-state index contributed by atoms with van der Waals surface area (Å²) in [7, 11) is 0. The highest BCUT2D eigenvalue weighted by Gasteiger charge is 2.28. The second-order valence-electron chi connectivity index (χ2n) is 3.25. The smallest absolute Gasteiger partial charge is 0.311 e. The lowest BCUT2D eigenvalue weighted by Gasteiger charge is -2.11. The van der Waals surface area contributed by atoms with Crippen LogP contribution < -0.4 is 0 Å². The number of carboxylic acid groups (broad SMARTS) is 2. The van der Waals surface area contributed by atoms with Crippen LogP contribution in [0.25, 0.3) is 0 Å². The van der Waals surface area contributed by atoms with Crippen molar-refractivity contribution in [2.45, 2.75) is 12.3 Å². The van der Waals surface area contributed by atoms with Crippen LogP contribution in [0.4, 0.5) is 13.2 Å². The first-order valence-electron chi connectivity index (χ1n) is 4.42. The fraction of sp³-hybridized carbons (Fsp3) is 0.200. The molecule has 0 aliphatic carbocycles. The maximum Gasteiger partial charge on any atom is 0.311 e. The van der Waals surface area contributed by atoms with E-state index in [0.717, 1.165) is 6.07 Å². The quantitative estimate of drug-likeness (QED) is 0.796. The molecular weight excluding hydrogens is 241 g/mol. The van der Waals surface area contributed by atoms with Gasteiger partial charge in [-0.25, -0.2) is 13.2 Å². The molecule has 17 heavy (non-hydrogen) atoms. The predicted octanol–water partition coefficient (Wildman–Crippen LogP) is 1.75. The van der Waals surface area contributed by atoms with Gasteiger partial charge in [0.2, 0.25) is 0 Å². The van der Waals surface area contributed by atoms with Crippen molar-refractivity contribution < 1.29 is 33.0 Å². The number of halogens is 3. The van der Waals surface area contributed by atoms with Crippen molar-refractivity contribution in [3.63, 3.8) is 0 Å². The Morgan fingerprint density at radius 1 is 1.12 bits per heavy atom. The molecule has 4 nitrogen and oxygen atoms in total. The van der Waals surface area contributed by atoms with Crippen LogP contribution >= 0.6 is 0 Å². The normalized spacial score (nSPS) is 12.2. The largest absolute Gasteiger partial charge is 0.481 e. The summed E-state index contributed by atoms with van der Waals surface area (Å²) in [5, 5.41) is 17.2. The molecule has 1 rings (SSSR count). The van der Waals surface area contributed by atoms with Crippen LogP contribution in [0, 0.1) is 17.5 Å². The number of aliphatic carboxylic acids is 2. The molecule has 0 saturated carbocycles. The average molecular weight is 248 g/mol. The number of benzene rings is 1. The lowest BCUT2D eigenvalue weighted by Crippen LogP contribution is -2.18. The van der Waals surface area contributed by atoms with Crippen LogP contribution in [0.2, 0.25) is 0 Å². The van der Waals surface area contributed by atoms with Gasteiger partial charge in [-0.1, -0.05) is 6.07 Å². The lowest BCUT2D eigenvalue weighted by molar-refractivity contribution is -0.145. The number of carbonyl (C=O) groups is 2. The molecule has 0 spiro atoms. The van der Waals surface area contributed by atoms with Crippen LogP contribution in [0.1, 0.15) is 17.9 Å². The van der Waals surface area contributed by atoms with E-state index in [1.165, 1.54) is 0 Å². The minimum Gasteiger partial charge on any atom is -0.481 e. The average Bonchev–Trinajstić information content (AvgIpc) is 2.23. The summed E-state index contributed by atoms with van der Waals surface area (Å²) in [6.07, 6.45) is -0.919. The van der Waals surface area contributed by atoms with Crippen molar-refractivity contribution in [1.29, 1.82) is 0 Å². The van der Waals surface area contributed by atoms with Crippen LogP contribution in [-0.4, -0.2) is 22.2 Å². The summed E-state index contributed by atoms with van der Waals surface area (Å²) in [6, 6.07) is 1.26. The Labute approximate surface area is 93.3 Å². The van der Waals surface area contributed by atoms with Crippen LogP contribution in [0.3, 0.4) is 0 Å². The maximum absolute atomic E-state index is 13.3. The highest BCUT2D eigenvalue weighted by atomic mass is 19.2. The number of rotatable bonds is 4. The second kappa shape index (κ2) is 4.86. The standard InChI is InChI=1S/C10H7F3O4/c11-6-2-1-4(8(12)9(6)13)5(10(16)17)3-7(14)15/h1-2,5H,3H2,(H,14,15)(H,16,17). The highest BCUT2D eigenvalue weighted by molar-refractivity contribution is 5.82. The Balaban J connectivity index is 3.24. The topological polar surface area (TPSA) is 74.6 Å². The molecule has 7 heteroatoms. The van der Waals surface area contributed by atoms with Crippen molar-refractivity contribution in [2.24, 2.45) is 0 Å².